The van der Waals surface area contributed by atoms with E-state index in [9.17, 15) is 9.18 Å². The van der Waals surface area contributed by atoms with E-state index in [1.165, 1.54) is 12.1 Å². The van der Waals surface area contributed by atoms with E-state index < -0.39 is 0 Å². The number of fused-ring (bicyclic) bond motifs is 1. The fraction of sp³-hybridized carbons (Fsp3) is 0.200. The molecule has 33 heavy (non-hydrogen) atoms. The molecule has 0 unspecified atom stereocenters. The summed E-state index contributed by atoms with van der Waals surface area (Å²) in [6, 6.07) is 15.6. The number of halogens is 1. The van der Waals surface area contributed by atoms with E-state index >= 15 is 0 Å². The van der Waals surface area contributed by atoms with Gasteiger partial charge in [-0.2, -0.15) is 0 Å². The molecule has 1 aliphatic rings. The van der Waals surface area contributed by atoms with Crippen LogP contribution in [0.4, 0.5) is 4.39 Å². The van der Waals surface area contributed by atoms with E-state index in [1.54, 1.807) is 24.5 Å². The van der Waals surface area contributed by atoms with E-state index in [4.69, 9.17) is 9.47 Å². The highest BCUT2D eigenvalue weighted by Gasteiger charge is 2.18. The lowest BCUT2D eigenvalue weighted by atomic mass is 10.0. The molecule has 2 aromatic carbocycles. The Morgan fingerprint density at radius 1 is 0.970 bits per heavy atom. The molecule has 3 heterocycles. The van der Waals surface area contributed by atoms with Crippen LogP contribution in [-0.2, 0) is 17.6 Å². The van der Waals surface area contributed by atoms with Gasteiger partial charge in [0.05, 0.1) is 0 Å². The van der Waals surface area contributed by atoms with Crippen LogP contribution < -0.4 is 9.47 Å². The average Bonchev–Trinajstić information content (AvgIpc) is 3.49. The molecule has 4 aromatic rings. The molecule has 0 bridgehead atoms. The van der Waals surface area contributed by atoms with E-state index in [-0.39, 0.29) is 18.4 Å². The molecule has 0 radical (unpaired) electrons. The zero-order valence-electron chi connectivity index (χ0n) is 17.8. The lowest BCUT2D eigenvalue weighted by molar-refractivity contribution is -0.119. The number of hydrogen-bond donors (Lipinski definition) is 0. The lowest BCUT2D eigenvalue weighted by Gasteiger charge is -2.10. The number of carbonyl (C=O) groups is 1. The third-order valence-corrected chi connectivity index (χ3v) is 5.49. The SMILES string of the molecule is O=C(CCc1ccc2c(c1)OCO2)CCc1nnc(-c2cccnc2)n1-c1ccc(F)cc1. The summed E-state index contributed by atoms with van der Waals surface area (Å²) in [6.45, 7) is 0.230. The Morgan fingerprint density at radius 2 is 1.79 bits per heavy atom. The first-order chi connectivity index (χ1) is 16.2. The molecular weight excluding hydrogens is 423 g/mol. The second-order valence-corrected chi connectivity index (χ2v) is 7.72. The molecule has 2 aromatic heterocycles. The molecule has 0 amide bonds. The van der Waals surface area contributed by atoms with Crippen molar-refractivity contribution >= 4 is 5.78 Å². The van der Waals surface area contributed by atoms with Gasteiger partial charge >= 0.3 is 0 Å². The summed E-state index contributed by atoms with van der Waals surface area (Å²) in [5.74, 6) is 2.48. The first-order valence-electron chi connectivity index (χ1n) is 10.7. The number of ketones is 1. The number of Topliss-reactive ketones (excluding diaryl/α,β-unsaturated/α-hetero) is 1. The van der Waals surface area contributed by atoms with Gasteiger partial charge in [-0.05, 0) is 60.5 Å². The van der Waals surface area contributed by atoms with Crippen molar-refractivity contribution in [3.05, 3.63) is 84.2 Å². The highest BCUT2D eigenvalue weighted by Crippen LogP contribution is 2.32. The molecule has 0 saturated carbocycles. The number of aromatic nitrogens is 4. The van der Waals surface area contributed by atoms with Gasteiger partial charge in [0.2, 0.25) is 6.79 Å². The van der Waals surface area contributed by atoms with E-state index in [1.807, 2.05) is 34.9 Å². The van der Waals surface area contributed by atoms with Gasteiger partial charge < -0.3 is 9.47 Å². The molecule has 0 atom stereocenters. The van der Waals surface area contributed by atoms with Gasteiger partial charge in [0.1, 0.15) is 17.4 Å². The summed E-state index contributed by atoms with van der Waals surface area (Å²) in [6.07, 6.45) is 5.18. The van der Waals surface area contributed by atoms with Crippen LogP contribution in [0.2, 0.25) is 0 Å². The van der Waals surface area contributed by atoms with Crippen molar-refractivity contribution in [2.75, 3.05) is 6.79 Å². The Hall–Kier alpha value is -4.07. The van der Waals surface area contributed by atoms with Crippen molar-refractivity contribution in [3.8, 4) is 28.6 Å². The zero-order chi connectivity index (χ0) is 22.6. The van der Waals surface area contributed by atoms with Crippen molar-refractivity contribution < 1.29 is 18.7 Å². The van der Waals surface area contributed by atoms with Gasteiger partial charge in [-0.15, -0.1) is 10.2 Å². The van der Waals surface area contributed by atoms with Crippen LogP contribution in [0.5, 0.6) is 11.5 Å². The van der Waals surface area contributed by atoms with Crippen molar-refractivity contribution in [2.24, 2.45) is 0 Å². The Kier molecular flexibility index (Phi) is 5.80. The largest absolute Gasteiger partial charge is 0.454 e. The van der Waals surface area contributed by atoms with Gasteiger partial charge in [0.25, 0.3) is 0 Å². The minimum Gasteiger partial charge on any atom is -0.454 e. The predicted molar refractivity (Wildman–Crippen MR) is 119 cm³/mol. The Labute approximate surface area is 189 Å². The lowest BCUT2D eigenvalue weighted by Crippen LogP contribution is -2.08. The monoisotopic (exact) mass is 444 g/mol. The van der Waals surface area contributed by atoms with Crippen LogP contribution in [0.1, 0.15) is 24.2 Å². The van der Waals surface area contributed by atoms with Gasteiger partial charge in [-0.25, -0.2) is 4.39 Å². The normalized spacial score (nSPS) is 12.2. The summed E-state index contributed by atoms with van der Waals surface area (Å²) < 4.78 is 26.1. The Morgan fingerprint density at radius 3 is 2.61 bits per heavy atom. The fourth-order valence-electron chi connectivity index (χ4n) is 3.78. The van der Waals surface area contributed by atoms with Crippen LogP contribution in [0.25, 0.3) is 17.1 Å². The van der Waals surface area contributed by atoms with Crippen LogP contribution in [0, 0.1) is 5.82 Å². The molecule has 0 fully saturated rings. The fourth-order valence-corrected chi connectivity index (χ4v) is 3.78. The minimum atomic E-state index is -0.324. The predicted octanol–water partition coefficient (Wildman–Crippen LogP) is 4.33. The standard InChI is InChI=1S/C25H21FN4O3/c26-19-5-7-20(8-6-19)30-24(28-29-25(30)18-2-1-13-27-15-18)12-10-21(31)9-3-17-4-11-22-23(14-17)33-16-32-22/h1-2,4-8,11,13-15H,3,9-10,12,16H2. The maximum atomic E-state index is 13.5. The number of nitrogens with zero attached hydrogens (tertiary/aromatic N) is 4. The van der Waals surface area contributed by atoms with Crippen LogP contribution in [0.3, 0.4) is 0 Å². The third kappa shape index (κ3) is 4.59. The zero-order valence-corrected chi connectivity index (χ0v) is 17.8. The Bertz CT molecular complexity index is 1270. The quantitative estimate of drug-likeness (QED) is 0.403. The van der Waals surface area contributed by atoms with E-state index in [0.29, 0.717) is 37.3 Å². The molecule has 7 nitrogen and oxygen atoms in total. The molecular formula is C25H21FN4O3. The summed E-state index contributed by atoms with van der Waals surface area (Å²) in [5, 5.41) is 8.66. The van der Waals surface area contributed by atoms with Crippen molar-refractivity contribution in [1.29, 1.82) is 0 Å². The highest BCUT2D eigenvalue weighted by molar-refractivity contribution is 5.78. The minimum absolute atomic E-state index is 0.129. The van der Waals surface area contributed by atoms with Gasteiger partial charge in [0, 0.05) is 42.9 Å². The van der Waals surface area contributed by atoms with Crippen molar-refractivity contribution in [3.63, 3.8) is 0 Å². The van der Waals surface area contributed by atoms with Crippen molar-refractivity contribution in [1.82, 2.24) is 19.7 Å². The second-order valence-electron chi connectivity index (χ2n) is 7.72. The second kappa shape index (κ2) is 9.20. The average molecular weight is 444 g/mol. The molecule has 8 heteroatoms. The van der Waals surface area contributed by atoms with E-state index in [2.05, 4.69) is 15.2 Å². The summed E-state index contributed by atoms with van der Waals surface area (Å²) in [4.78, 5) is 16.8. The molecule has 0 spiro atoms. The molecule has 0 N–H and O–H groups in total. The number of hydrogen-bond acceptors (Lipinski definition) is 6. The molecule has 1 aliphatic heterocycles. The highest BCUT2D eigenvalue weighted by atomic mass is 19.1. The summed E-state index contributed by atoms with van der Waals surface area (Å²) >= 11 is 0. The van der Waals surface area contributed by atoms with Crippen LogP contribution in [0.15, 0.2) is 67.0 Å². The van der Waals surface area contributed by atoms with Crippen LogP contribution in [-0.4, -0.2) is 32.3 Å². The Balaban J connectivity index is 1.30. The number of pyridine rings is 1. The molecule has 5 rings (SSSR count). The smallest absolute Gasteiger partial charge is 0.231 e. The third-order valence-electron chi connectivity index (χ3n) is 5.49. The maximum absolute atomic E-state index is 13.5. The number of carbonyl (C=O) groups excluding carboxylic acids is 1. The summed E-state index contributed by atoms with van der Waals surface area (Å²) in [7, 11) is 0. The van der Waals surface area contributed by atoms with Crippen molar-refractivity contribution in [2.45, 2.75) is 25.7 Å². The first kappa shape index (κ1) is 20.8. The molecule has 0 aliphatic carbocycles. The van der Waals surface area contributed by atoms with Gasteiger partial charge in [-0.3, -0.25) is 14.3 Å². The maximum Gasteiger partial charge on any atom is 0.231 e. The van der Waals surface area contributed by atoms with E-state index in [0.717, 1.165) is 28.3 Å². The molecule has 166 valence electrons. The topological polar surface area (TPSA) is 79.1 Å². The number of benzene rings is 2. The van der Waals surface area contributed by atoms with Gasteiger partial charge in [0.15, 0.2) is 17.3 Å². The first-order valence-corrected chi connectivity index (χ1v) is 10.7. The van der Waals surface area contributed by atoms with Crippen LogP contribution >= 0.6 is 0 Å². The summed E-state index contributed by atoms with van der Waals surface area (Å²) in [5.41, 5.74) is 2.54. The molecule has 0 saturated heterocycles. The number of aryl methyl sites for hydroxylation is 2. The number of ether oxygens (including phenoxy) is 2. The van der Waals surface area contributed by atoms with Gasteiger partial charge in [-0.1, -0.05) is 6.07 Å². The number of rotatable bonds is 8.